The fraction of sp³-hybridized carbons (Fsp3) is 0.0526. The number of nitrogens with one attached hydrogen (secondary N) is 1. The lowest BCUT2D eigenvalue weighted by atomic mass is 10.0. The molecule has 2 heterocycles. The van der Waals surface area contributed by atoms with Gasteiger partial charge in [0.2, 0.25) is 5.28 Å². The lowest BCUT2D eigenvalue weighted by molar-refractivity contribution is 0.628. The number of aryl methyl sites for hydroxylation is 1. The van der Waals surface area contributed by atoms with E-state index < -0.39 is 0 Å². The largest absolute Gasteiger partial charge is 0.340 e. The first-order valence-corrected chi connectivity index (χ1v) is 8.90. The number of hydrogen-bond donors (Lipinski definition) is 1. The molecule has 0 atom stereocenters. The monoisotopic (exact) mass is 369 g/mol. The number of hydrogen-bond acceptors (Lipinski definition) is 4. The van der Waals surface area contributed by atoms with Crippen LogP contribution in [0.25, 0.3) is 21.3 Å². The van der Waals surface area contributed by atoms with Crippen LogP contribution in [-0.4, -0.2) is 9.97 Å². The van der Waals surface area contributed by atoms with E-state index >= 15 is 0 Å². The van der Waals surface area contributed by atoms with E-state index in [1.54, 1.807) is 12.1 Å². The van der Waals surface area contributed by atoms with Crippen LogP contribution in [0.2, 0.25) is 5.28 Å². The highest BCUT2D eigenvalue weighted by molar-refractivity contribution is 7.17. The van der Waals surface area contributed by atoms with Crippen molar-refractivity contribution in [1.82, 2.24) is 9.97 Å². The lowest BCUT2D eigenvalue weighted by Crippen LogP contribution is -1.97. The minimum atomic E-state index is -0.285. The average Bonchev–Trinajstić information content (AvgIpc) is 3.01. The second-order valence-electron chi connectivity index (χ2n) is 5.67. The molecule has 0 spiro atoms. The summed E-state index contributed by atoms with van der Waals surface area (Å²) in [6, 6.07) is 14.4. The molecule has 0 radical (unpaired) electrons. The second-order valence-corrected chi connectivity index (χ2v) is 6.86. The van der Waals surface area contributed by atoms with Gasteiger partial charge in [0.15, 0.2) is 0 Å². The third-order valence-electron chi connectivity index (χ3n) is 3.88. The third kappa shape index (κ3) is 3.21. The number of anilines is 2. The molecule has 0 aliphatic heterocycles. The third-order valence-corrected chi connectivity index (χ3v) is 4.92. The molecular weight excluding hydrogens is 357 g/mol. The Bertz CT molecular complexity index is 1040. The summed E-state index contributed by atoms with van der Waals surface area (Å²) in [7, 11) is 0. The van der Waals surface area contributed by atoms with Crippen molar-refractivity contribution in [3.63, 3.8) is 0 Å². The van der Waals surface area contributed by atoms with E-state index in [4.69, 9.17) is 11.6 Å². The van der Waals surface area contributed by atoms with E-state index in [2.05, 4.69) is 51.9 Å². The molecule has 0 saturated heterocycles. The van der Waals surface area contributed by atoms with E-state index in [1.165, 1.54) is 29.0 Å². The van der Waals surface area contributed by atoms with Gasteiger partial charge in [-0.3, -0.25) is 0 Å². The number of halogens is 2. The van der Waals surface area contributed by atoms with Gasteiger partial charge in [0.05, 0.1) is 5.39 Å². The van der Waals surface area contributed by atoms with Crippen LogP contribution in [0.3, 0.4) is 0 Å². The Morgan fingerprint density at radius 1 is 1.00 bits per heavy atom. The Balaban J connectivity index is 1.86. The summed E-state index contributed by atoms with van der Waals surface area (Å²) >= 11 is 7.59. The van der Waals surface area contributed by atoms with Gasteiger partial charge in [0.25, 0.3) is 0 Å². The molecule has 0 aliphatic carbocycles. The summed E-state index contributed by atoms with van der Waals surface area (Å²) < 4.78 is 13.1. The normalized spacial score (nSPS) is 11.0. The number of fused-ring (bicyclic) bond motifs is 1. The summed E-state index contributed by atoms with van der Waals surface area (Å²) in [4.78, 5) is 9.49. The number of rotatable bonds is 3. The van der Waals surface area contributed by atoms with Crippen molar-refractivity contribution in [1.29, 1.82) is 0 Å². The fourth-order valence-electron chi connectivity index (χ4n) is 2.62. The van der Waals surface area contributed by atoms with Gasteiger partial charge in [0, 0.05) is 16.6 Å². The van der Waals surface area contributed by atoms with Crippen LogP contribution in [0.4, 0.5) is 15.9 Å². The summed E-state index contributed by atoms with van der Waals surface area (Å²) in [5.41, 5.74) is 4.07. The van der Waals surface area contributed by atoms with Gasteiger partial charge in [-0.1, -0.05) is 29.8 Å². The minimum Gasteiger partial charge on any atom is -0.340 e. The SMILES string of the molecule is Cc1ccc(-c2csc3nc(Cl)nc(Nc4ccc(F)cc4)c23)cc1. The van der Waals surface area contributed by atoms with Crippen LogP contribution in [-0.2, 0) is 0 Å². The van der Waals surface area contributed by atoms with Gasteiger partial charge < -0.3 is 5.32 Å². The topological polar surface area (TPSA) is 37.8 Å². The van der Waals surface area contributed by atoms with E-state index in [1.807, 2.05) is 0 Å². The maximum absolute atomic E-state index is 13.1. The van der Waals surface area contributed by atoms with Crippen molar-refractivity contribution >= 4 is 44.7 Å². The number of benzene rings is 2. The zero-order chi connectivity index (χ0) is 17.4. The fourth-order valence-corrected chi connectivity index (χ4v) is 3.79. The summed E-state index contributed by atoms with van der Waals surface area (Å²) in [6.07, 6.45) is 0. The van der Waals surface area contributed by atoms with E-state index in [9.17, 15) is 4.39 Å². The predicted molar refractivity (Wildman–Crippen MR) is 102 cm³/mol. The van der Waals surface area contributed by atoms with Gasteiger partial charge >= 0.3 is 0 Å². The van der Waals surface area contributed by atoms with Crippen LogP contribution >= 0.6 is 22.9 Å². The molecule has 6 heteroatoms. The van der Waals surface area contributed by atoms with Crippen molar-refractivity contribution in [2.45, 2.75) is 6.92 Å². The molecule has 4 aromatic rings. The Kier molecular flexibility index (Phi) is 4.11. The minimum absolute atomic E-state index is 0.175. The van der Waals surface area contributed by atoms with Gasteiger partial charge in [0.1, 0.15) is 16.5 Å². The van der Waals surface area contributed by atoms with Crippen LogP contribution in [0.15, 0.2) is 53.9 Å². The van der Waals surface area contributed by atoms with E-state index in [-0.39, 0.29) is 11.1 Å². The van der Waals surface area contributed by atoms with Gasteiger partial charge in [-0.2, -0.15) is 4.98 Å². The Morgan fingerprint density at radius 3 is 2.44 bits per heavy atom. The summed E-state index contributed by atoms with van der Waals surface area (Å²) in [5.74, 6) is 0.325. The van der Waals surface area contributed by atoms with Crippen molar-refractivity contribution in [3.05, 3.63) is 70.6 Å². The van der Waals surface area contributed by atoms with Gasteiger partial charge in [-0.25, -0.2) is 9.37 Å². The van der Waals surface area contributed by atoms with Crippen LogP contribution in [0.1, 0.15) is 5.56 Å². The lowest BCUT2D eigenvalue weighted by Gasteiger charge is -2.09. The maximum atomic E-state index is 13.1. The molecule has 0 amide bonds. The smallest absolute Gasteiger partial charge is 0.225 e. The summed E-state index contributed by atoms with van der Waals surface area (Å²) in [5, 5.41) is 6.36. The van der Waals surface area contributed by atoms with Crippen molar-refractivity contribution in [2.75, 3.05) is 5.32 Å². The Morgan fingerprint density at radius 2 is 1.72 bits per heavy atom. The highest BCUT2D eigenvalue weighted by Crippen LogP contribution is 2.38. The highest BCUT2D eigenvalue weighted by atomic mass is 35.5. The molecule has 4 rings (SSSR count). The molecule has 1 N–H and O–H groups in total. The van der Waals surface area contributed by atoms with Crippen molar-refractivity contribution < 1.29 is 4.39 Å². The second kappa shape index (κ2) is 6.43. The molecule has 124 valence electrons. The molecule has 3 nitrogen and oxygen atoms in total. The van der Waals surface area contributed by atoms with Gasteiger partial charge in [-0.15, -0.1) is 11.3 Å². The summed E-state index contributed by atoms with van der Waals surface area (Å²) in [6.45, 7) is 2.06. The van der Waals surface area contributed by atoms with E-state index in [0.717, 1.165) is 27.0 Å². The van der Waals surface area contributed by atoms with Crippen LogP contribution in [0, 0.1) is 12.7 Å². The molecular formula is C19H13ClFN3S. The molecule has 0 aliphatic rings. The zero-order valence-electron chi connectivity index (χ0n) is 13.3. The molecule has 0 unspecified atom stereocenters. The highest BCUT2D eigenvalue weighted by Gasteiger charge is 2.15. The molecule has 0 saturated carbocycles. The number of nitrogens with zero attached hydrogens (tertiary/aromatic N) is 2. The molecule has 2 aromatic carbocycles. The van der Waals surface area contributed by atoms with Crippen molar-refractivity contribution in [2.24, 2.45) is 0 Å². The van der Waals surface area contributed by atoms with E-state index in [0.29, 0.717) is 5.82 Å². The number of aromatic nitrogens is 2. The number of thiophene rings is 1. The molecule has 2 aromatic heterocycles. The predicted octanol–water partition coefficient (Wildman–Crippen LogP) is 6.20. The molecule has 25 heavy (non-hydrogen) atoms. The Labute approximate surface area is 153 Å². The average molecular weight is 370 g/mol. The standard InChI is InChI=1S/C19H13ClFN3S/c1-11-2-4-12(5-3-11)15-10-25-18-16(15)17(23-19(20)24-18)22-14-8-6-13(21)7-9-14/h2-10H,1H3,(H,22,23,24). The molecule has 0 fully saturated rings. The van der Waals surface area contributed by atoms with Crippen LogP contribution < -0.4 is 5.32 Å². The van der Waals surface area contributed by atoms with Gasteiger partial charge in [-0.05, 0) is 48.4 Å². The maximum Gasteiger partial charge on any atom is 0.225 e. The van der Waals surface area contributed by atoms with Crippen LogP contribution in [0.5, 0.6) is 0 Å². The quantitative estimate of drug-likeness (QED) is 0.437. The Hall–Kier alpha value is -2.50. The first-order chi connectivity index (χ1) is 12.1. The first kappa shape index (κ1) is 16.0. The van der Waals surface area contributed by atoms with Crippen molar-refractivity contribution in [3.8, 4) is 11.1 Å². The molecule has 0 bridgehead atoms. The zero-order valence-corrected chi connectivity index (χ0v) is 14.8. The first-order valence-electron chi connectivity index (χ1n) is 7.64.